The van der Waals surface area contributed by atoms with Crippen molar-refractivity contribution in [1.29, 1.82) is 0 Å². The minimum Gasteiger partial charge on any atom is -1.00 e. The van der Waals surface area contributed by atoms with Crippen LogP contribution in [0.1, 0.15) is 107 Å². The Balaban J connectivity index is 0.000000295. The molecule has 4 aromatic rings. The maximum Gasteiger partial charge on any atom is -1.00 e. The standard InChI is InChI=1S/C21H25.C15H8F6.C8H11.2ClH.Zr/c1-20(2,3)16-7-9-18-14(12-16)11-15-13-17(21(4,5)6)8-10-19(15)18;16-14(17,18)12-5-1-3-10(8-12)7-11-4-2-6-13(9-11)15(19,20)21;1-6-4-7(2)8(3)5-6;;;/h7-10,12H,11H2,1-6H3;1-6,8-9H;4,6H,1-3H3;2*1H;/q-1;;-1;;;+2/p-2. The van der Waals surface area contributed by atoms with E-state index in [1.165, 1.54) is 68.8 Å². The van der Waals surface area contributed by atoms with Gasteiger partial charge in [-0.15, -0.1) is 18.1 Å². The molecule has 0 aliphatic heterocycles. The number of alkyl halides is 6. The number of benzene rings is 4. The van der Waals surface area contributed by atoms with Gasteiger partial charge in [0.05, 0.1) is 0 Å². The van der Waals surface area contributed by atoms with Crippen molar-refractivity contribution in [3.63, 3.8) is 0 Å². The van der Waals surface area contributed by atoms with Crippen molar-refractivity contribution in [3.8, 4) is 11.1 Å². The van der Waals surface area contributed by atoms with Crippen molar-refractivity contribution >= 4 is 3.21 Å². The maximum absolute atomic E-state index is 12.7. The van der Waals surface area contributed by atoms with Crippen LogP contribution in [-0.4, -0.2) is 3.21 Å². The third-order valence-electron chi connectivity index (χ3n) is 8.96. The Hall–Kier alpha value is -2.73. The van der Waals surface area contributed by atoms with Gasteiger partial charge in [0.25, 0.3) is 0 Å². The zero-order valence-electron chi connectivity index (χ0n) is 31.4. The Kier molecular flexibility index (Phi) is 15.6. The van der Waals surface area contributed by atoms with E-state index in [2.05, 4.69) is 111 Å². The van der Waals surface area contributed by atoms with Gasteiger partial charge in [-0.2, -0.15) is 29.8 Å². The first-order valence-corrected chi connectivity index (χ1v) is 18.1. The van der Waals surface area contributed by atoms with Crippen LogP contribution in [0.25, 0.3) is 11.1 Å². The van der Waals surface area contributed by atoms with Gasteiger partial charge in [-0.25, -0.2) is 11.1 Å². The van der Waals surface area contributed by atoms with Gasteiger partial charge in [-0.1, -0.05) is 85.1 Å². The molecule has 53 heavy (non-hydrogen) atoms. The molecule has 2 aliphatic rings. The van der Waals surface area contributed by atoms with Crippen LogP contribution in [0.15, 0.2) is 96.1 Å². The Morgan fingerprint density at radius 3 is 1.57 bits per heavy atom. The smallest absolute Gasteiger partial charge is 1.00 e. The Labute approximate surface area is 338 Å². The summed E-state index contributed by atoms with van der Waals surface area (Å²) in [6.45, 7) is 20.0. The third kappa shape index (κ3) is 12.1. The molecular formula is C44H44Cl2F6Zr-2. The van der Waals surface area contributed by atoms with Crippen LogP contribution in [0.3, 0.4) is 0 Å². The Bertz CT molecular complexity index is 1830. The quantitative estimate of drug-likeness (QED) is 0.135. The second-order valence-electron chi connectivity index (χ2n) is 15.3. The van der Waals surface area contributed by atoms with E-state index in [0.717, 1.165) is 54.9 Å². The average molecular weight is 849 g/mol. The number of halogens is 8. The van der Waals surface area contributed by atoms with Crippen LogP contribution in [-0.2, 0) is 53.8 Å². The fourth-order valence-corrected chi connectivity index (χ4v) is 6.66. The van der Waals surface area contributed by atoms with Crippen LogP contribution in [0, 0.1) is 18.1 Å². The summed E-state index contributed by atoms with van der Waals surface area (Å²) >= 11 is 0.729. The van der Waals surface area contributed by atoms with Gasteiger partial charge in [-0.05, 0) is 28.4 Å². The molecule has 0 saturated heterocycles. The molecule has 9 heteroatoms. The van der Waals surface area contributed by atoms with Gasteiger partial charge in [0.2, 0.25) is 0 Å². The topological polar surface area (TPSA) is 0 Å². The third-order valence-corrected chi connectivity index (χ3v) is 10.4. The van der Waals surface area contributed by atoms with Crippen LogP contribution >= 0.6 is 0 Å². The second-order valence-corrected chi connectivity index (χ2v) is 16.5. The predicted molar refractivity (Wildman–Crippen MR) is 192 cm³/mol. The normalized spacial score (nSPS) is 14.8. The Morgan fingerprint density at radius 1 is 0.660 bits per heavy atom. The first kappa shape index (κ1) is 46.4. The molecule has 1 unspecified atom stereocenters. The fraction of sp³-hybridized carbons (Fsp3) is 0.341. The van der Waals surface area contributed by atoms with Crippen molar-refractivity contribution in [2.75, 3.05) is 0 Å². The second kappa shape index (κ2) is 17.8. The summed E-state index contributed by atoms with van der Waals surface area (Å²) in [4.78, 5) is 0. The fourth-order valence-electron chi connectivity index (χ4n) is 5.89. The van der Waals surface area contributed by atoms with Gasteiger partial charge in [0.15, 0.2) is 0 Å². The van der Waals surface area contributed by atoms with Crippen molar-refractivity contribution in [2.45, 2.75) is 91.9 Å². The van der Waals surface area contributed by atoms with Gasteiger partial charge < -0.3 is 24.8 Å². The average Bonchev–Trinajstić information content (AvgIpc) is 3.55. The molecule has 0 radical (unpaired) electrons. The molecular weight excluding hydrogens is 805 g/mol. The van der Waals surface area contributed by atoms with Gasteiger partial charge in [0, 0.05) is 0 Å². The number of fused-ring (bicyclic) bond motifs is 3. The van der Waals surface area contributed by atoms with Crippen LogP contribution in [0.4, 0.5) is 26.3 Å². The van der Waals surface area contributed by atoms with Gasteiger partial charge in [-0.3, -0.25) is 6.08 Å². The van der Waals surface area contributed by atoms with E-state index in [-0.39, 0.29) is 46.8 Å². The summed E-state index contributed by atoms with van der Waals surface area (Å²) in [7, 11) is 0. The maximum atomic E-state index is 12.7. The molecule has 2 aliphatic carbocycles. The zero-order chi connectivity index (χ0) is 38.1. The van der Waals surface area contributed by atoms with E-state index >= 15 is 0 Å². The van der Waals surface area contributed by atoms with Crippen molar-refractivity contribution in [3.05, 3.63) is 153 Å². The zero-order valence-corrected chi connectivity index (χ0v) is 35.4. The number of hydrogen-bond donors (Lipinski definition) is 0. The van der Waals surface area contributed by atoms with E-state index in [4.69, 9.17) is 0 Å². The molecule has 0 nitrogen and oxygen atoms in total. The SMILES string of the molecule is CC(C)(C)c1[c-]c2c(cc1)-c1ccc(C(C)(C)C)cc1C2.CC1=[C-]C(C)C=C1C.FC(F)(F)c1cccc([C](=[Zr+2])c2cccc(C(F)(F)F)c2)c1.[Cl-].[Cl-]. The first-order valence-electron chi connectivity index (χ1n) is 16.9. The molecule has 4 aromatic carbocycles. The summed E-state index contributed by atoms with van der Waals surface area (Å²) < 4.78 is 76.7. The van der Waals surface area contributed by atoms with E-state index < -0.39 is 23.5 Å². The molecule has 0 aromatic heterocycles. The minimum atomic E-state index is -4.49. The van der Waals surface area contributed by atoms with Gasteiger partial charge >= 0.3 is 137 Å². The summed E-state index contributed by atoms with van der Waals surface area (Å²) in [6, 6.07) is 24.3. The van der Waals surface area contributed by atoms with E-state index in [9.17, 15) is 26.3 Å². The first-order chi connectivity index (χ1) is 23.4. The summed E-state index contributed by atoms with van der Waals surface area (Å²) in [6.07, 6.45) is -2.42. The molecule has 0 heterocycles. The van der Waals surface area contributed by atoms with Crippen molar-refractivity contribution in [1.82, 2.24) is 0 Å². The molecule has 282 valence electrons. The molecule has 0 amide bonds. The van der Waals surface area contributed by atoms with Crippen molar-refractivity contribution < 1.29 is 75.4 Å². The molecule has 0 saturated carbocycles. The number of allylic oxidation sites excluding steroid dienone is 4. The molecule has 0 fully saturated rings. The number of hydrogen-bond acceptors (Lipinski definition) is 0. The van der Waals surface area contributed by atoms with E-state index in [1.807, 2.05) is 0 Å². The molecule has 1 atom stereocenters. The molecule has 0 spiro atoms. The largest absolute Gasteiger partial charge is 1.00 e. The van der Waals surface area contributed by atoms with E-state index in [1.54, 1.807) is 0 Å². The Morgan fingerprint density at radius 2 is 1.17 bits per heavy atom. The monoisotopic (exact) mass is 846 g/mol. The minimum absolute atomic E-state index is 0. The van der Waals surface area contributed by atoms with Gasteiger partial charge in [0.1, 0.15) is 0 Å². The predicted octanol–water partition coefficient (Wildman–Crippen LogP) is 6.83. The van der Waals surface area contributed by atoms with E-state index in [0.29, 0.717) is 9.12 Å². The summed E-state index contributed by atoms with van der Waals surface area (Å²) in [5.41, 5.74) is 10.3. The van der Waals surface area contributed by atoms with Crippen LogP contribution in [0.2, 0.25) is 0 Å². The summed E-state index contributed by atoms with van der Waals surface area (Å²) in [5, 5.41) is 0. The molecule has 6 rings (SSSR count). The van der Waals surface area contributed by atoms with Crippen molar-refractivity contribution in [2.24, 2.45) is 5.92 Å². The molecule has 0 bridgehead atoms. The molecule has 0 N–H and O–H groups in total. The summed E-state index contributed by atoms with van der Waals surface area (Å²) in [5.74, 6) is 0.551. The van der Waals surface area contributed by atoms with Crippen LogP contribution < -0.4 is 24.8 Å². The van der Waals surface area contributed by atoms with Crippen LogP contribution in [0.5, 0.6) is 0 Å². The number of rotatable bonds is 2.